The zero-order valence-corrected chi connectivity index (χ0v) is 63.2. The standard InChI is InChI=1S/C75H146O17P2/c1-8-9-10-11-32-42-49-56-72(77)85-62-70(92-75(80)59-52-45-38-31-35-41-48-55-68(6)7)64-89-93(81,82)87-60-69(76)61-88-94(83,84)90-65-71(63-86-73(78)57-50-43-36-29-25-21-18-14-16-20-24-28-34-40-47-54-67(4)5)91-74(79)58-51-44-37-30-26-22-17-13-12-15-19-23-27-33-39-46-53-66(2)3/h66-71,76H,8-65H2,1-7H3,(H,81,82)(H,83,84)/t69-,70+,71+/m0/s1. The molecule has 0 spiro atoms. The molecule has 94 heavy (non-hydrogen) atoms. The number of carbonyl (C=O) groups is 4. The number of carbonyl (C=O) groups excluding carboxylic acids is 4. The summed E-state index contributed by atoms with van der Waals surface area (Å²) in [5, 5.41) is 10.6. The maximum atomic E-state index is 13.1. The van der Waals surface area contributed by atoms with Crippen LogP contribution in [0.5, 0.6) is 0 Å². The van der Waals surface area contributed by atoms with Crippen LogP contribution in [0.15, 0.2) is 0 Å². The van der Waals surface area contributed by atoms with Crippen LogP contribution in [-0.4, -0.2) is 96.7 Å². The van der Waals surface area contributed by atoms with Gasteiger partial charge in [0.05, 0.1) is 26.4 Å². The third kappa shape index (κ3) is 68.6. The Morgan fingerprint density at radius 2 is 0.489 bits per heavy atom. The van der Waals surface area contributed by atoms with Crippen molar-refractivity contribution in [1.29, 1.82) is 0 Å². The van der Waals surface area contributed by atoms with E-state index in [9.17, 15) is 43.2 Å². The summed E-state index contributed by atoms with van der Waals surface area (Å²) in [5.74, 6) is 0.185. The Morgan fingerprint density at radius 1 is 0.287 bits per heavy atom. The minimum absolute atomic E-state index is 0.103. The first kappa shape index (κ1) is 92.1. The lowest BCUT2D eigenvalue weighted by Gasteiger charge is -2.21. The van der Waals surface area contributed by atoms with E-state index < -0.39 is 97.5 Å². The molecule has 0 aliphatic rings. The molecule has 0 rings (SSSR count). The molecule has 0 aromatic carbocycles. The van der Waals surface area contributed by atoms with Gasteiger partial charge in [0.2, 0.25) is 0 Å². The lowest BCUT2D eigenvalue weighted by molar-refractivity contribution is -0.161. The molecule has 0 bridgehead atoms. The third-order valence-electron chi connectivity index (χ3n) is 17.4. The fourth-order valence-electron chi connectivity index (χ4n) is 11.4. The molecule has 17 nitrogen and oxygen atoms in total. The smallest absolute Gasteiger partial charge is 0.462 e. The molecule has 558 valence electrons. The number of hydrogen-bond acceptors (Lipinski definition) is 15. The summed E-state index contributed by atoms with van der Waals surface area (Å²) in [4.78, 5) is 72.6. The van der Waals surface area contributed by atoms with Gasteiger partial charge in [-0.05, 0) is 43.4 Å². The Labute approximate surface area is 575 Å². The van der Waals surface area contributed by atoms with Crippen LogP contribution in [0.4, 0.5) is 0 Å². The quantitative estimate of drug-likeness (QED) is 0.0222. The van der Waals surface area contributed by atoms with Crippen molar-refractivity contribution in [2.24, 2.45) is 17.8 Å². The van der Waals surface area contributed by atoms with E-state index in [1.807, 2.05) is 0 Å². The average Bonchev–Trinajstić information content (AvgIpc) is 3.47. The van der Waals surface area contributed by atoms with Crippen molar-refractivity contribution in [3.05, 3.63) is 0 Å². The normalized spacial score (nSPS) is 14.1. The molecule has 0 fully saturated rings. The van der Waals surface area contributed by atoms with E-state index in [0.717, 1.165) is 115 Å². The predicted molar refractivity (Wildman–Crippen MR) is 381 cm³/mol. The molecule has 0 aliphatic carbocycles. The highest BCUT2D eigenvalue weighted by atomic mass is 31.2. The van der Waals surface area contributed by atoms with E-state index in [2.05, 4.69) is 48.5 Å². The second-order valence-electron chi connectivity index (χ2n) is 28.5. The van der Waals surface area contributed by atoms with Crippen LogP contribution in [-0.2, 0) is 65.4 Å². The highest BCUT2D eigenvalue weighted by Crippen LogP contribution is 2.45. The Morgan fingerprint density at radius 3 is 0.723 bits per heavy atom. The van der Waals surface area contributed by atoms with Gasteiger partial charge in [-0.15, -0.1) is 0 Å². The number of esters is 4. The van der Waals surface area contributed by atoms with Crippen LogP contribution in [0, 0.1) is 17.8 Å². The van der Waals surface area contributed by atoms with Gasteiger partial charge >= 0.3 is 39.5 Å². The Balaban J connectivity index is 5.17. The van der Waals surface area contributed by atoms with Crippen molar-refractivity contribution in [2.75, 3.05) is 39.6 Å². The molecule has 2 unspecified atom stereocenters. The van der Waals surface area contributed by atoms with Gasteiger partial charge in [-0.3, -0.25) is 37.3 Å². The molecule has 0 aromatic rings. The number of phosphoric acid groups is 2. The number of aliphatic hydroxyl groups is 1. The molecule has 19 heteroatoms. The van der Waals surface area contributed by atoms with E-state index in [1.165, 1.54) is 180 Å². The molecule has 0 amide bonds. The molecule has 3 N–H and O–H groups in total. The highest BCUT2D eigenvalue weighted by Gasteiger charge is 2.30. The lowest BCUT2D eigenvalue weighted by Crippen LogP contribution is -2.30. The molecule has 0 radical (unpaired) electrons. The zero-order valence-electron chi connectivity index (χ0n) is 61.4. The van der Waals surface area contributed by atoms with E-state index in [0.29, 0.717) is 31.6 Å². The number of phosphoric ester groups is 2. The van der Waals surface area contributed by atoms with Crippen molar-refractivity contribution in [3.63, 3.8) is 0 Å². The van der Waals surface area contributed by atoms with Crippen LogP contribution in [0.2, 0.25) is 0 Å². The minimum atomic E-state index is -4.96. The molecule has 5 atom stereocenters. The SMILES string of the molecule is CCCCCCCCCC(=O)OC[C@H](COP(=O)(O)OC[C@H](O)COP(=O)(O)OC[C@@H](COC(=O)CCCCCCCCCCCCCCCCCC(C)C)OC(=O)CCCCCCCCCCCCCCCCCCC(C)C)OC(=O)CCCCCCCCCC(C)C. The second-order valence-corrected chi connectivity index (χ2v) is 31.4. The molecule has 0 saturated carbocycles. The summed E-state index contributed by atoms with van der Waals surface area (Å²) >= 11 is 0. The Kier molecular flexibility index (Phi) is 64.3. The van der Waals surface area contributed by atoms with Crippen LogP contribution < -0.4 is 0 Å². The summed E-state index contributed by atoms with van der Waals surface area (Å²) < 4.78 is 68.3. The largest absolute Gasteiger partial charge is 0.472 e. The first-order valence-electron chi connectivity index (χ1n) is 38.8. The van der Waals surface area contributed by atoms with Crippen molar-refractivity contribution in [1.82, 2.24) is 0 Å². The number of unbranched alkanes of at least 4 members (excludes halogenated alkanes) is 41. The number of ether oxygens (including phenoxy) is 4. The van der Waals surface area contributed by atoms with Gasteiger partial charge in [0.1, 0.15) is 19.3 Å². The molecule has 0 saturated heterocycles. The third-order valence-corrected chi connectivity index (χ3v) is 19.3. The van der Waals surface area contributed by atoms with Gasteiger partial charge in [0.15, 0.2) is 12.2 Å². The summed E-state index contributed by atoms with van der Waals surface area (Å²) in [6, 6.07) is 0. The van der Waals surface area contributed by atoms with Crippen molar-refractivity contribution >= 4 is 39.5 Å². The number of aliphatic hydroxyl groups excluding tert-OH is 1. The van der Waals surface area contributed by atoms with Crippen molar-refractivity contribution in [2.45, 2.75) is 401 Å². The van der Waals surface area contributed by atoms with Gasteiger partial charge in [-0.1, -0.05) is 331 Å². The first-order valence-corrected chi connectivity index (χ1v) is 41.8. The number of rotatable bonds is 73. The van der Waals surface area contributed by atoms with Crippen LogP contribution in [0.3, 0.4) is 0 Å². The van der Waals surface area contributed by atoms with E-state index >= 15 is 0 Å². The summed E-state index contributed by atoms with van der Waals surface area (Å²) in [7, 11) is -9.90. The van der Waals surface area contributed by atoms with Crippen LogP contribution in [0.1, 0.15) is 382 Å². The molecule has 0 aromatic heterocycles. The van der Waals surface area contributed by atoms with Gasteiger partial charge in [0.25, 0.3) is 0 Å². The van der Waals surface area contributed by atoms with E-state index in [4.69, 9.17) is 37.0 Å². The van der Waals surface area contributed by atoms with Crippen molar-refractivity contribution in [3.8, 4) is 0 Å². The maximum Gasteiger partial charge on any atom is 0.472 e. The zero-order chi connectivity index (χ0) is 69.4. The van der Waals surface area contributed by atoms with Crippen LogP contribution in [0.25, 0.3) is 0 Å². The van der Waals surface area contributed by atoms with Gasteiger partial charge in [0, 0.05) is 25.7 Å². The summed E-state index contributed by atoms with van der Waals surface area (Å²) in [6.07, 6.45) is 51.7. The van der Waals surface area contributed by atoms with Crippen LogP contribution >= 0.6 is 15.6 Å². The molecular weight excluding hydrogens is 1230 g/mol. The molecular formula is C75H146O17P2. The van der Waals surface area contributed by atoms with Gasteiger partial charge in [-0.2, -0.15) is 0 Å². The molecule has 0 aliphatic heterocycles. The Hall–Kier alpha value is -1.94. The molecule has 0 heterocycles. The first-order chi connectivity index (χ1) is 45.2. The fourth-order valence-corrected chi connectivity index (χ4v) is 13.0. The Bertz CT molecular complexity index is 1840. The van der Waals surface area contributed by atoms with Crippen molar-refractivity contribution < 1.29 is 80.2 Å². The van der Waals surface area contributed by atoms with Gasteiger partial charge in [-0.25, -0.2) is 9.13 Å². The lowest BCUT2D eigenvalue weighted by atomic mass is 10.0. The van der Waals surface area contributed by atoms with Gasteiger partial charge < -0.3 is 33.8 Å². The minimum Gasteiger partial charge on any atom is -0.462 e. The maximum absolute atomic E-state index is 13.1. The second kappa shape index (κ2) is 65.7. The van der Waals surface area contributed by atoms with E-state index in [1.54, 1.807) is 0 Å². The monoisotopic (exact) mass is 1380 g/mol. The number of hydrogen-bond donors (Lipinski definition) is 3. The topological polar surface area (TPSA) is 237 Å². The average molecular weight is 1380 g/mol. The summed E-state index contributed by atoms with van der Waals surface area (Å²) in [5.41, 5.74) is 0. The fraction of sp³-hybridized carbons (Fsp3) is 0.947. The summed E-state index contributed by atoms with van der Waals surface area (Å²) in [6.45, 7) is 11.8. The highest BCUT2D eigenvalue weighted by molar-refractivity contribution is 7.47. The van der Waals surface area contributed by atoms with E-state index in [-0.39, 0.29) is 25.7 Å². The predicted octanol–water partition coefficient (Wildman–Crippen LogP) is 21.8.